The van der Waals surface area contributed by atoms with Gasteiger partial charge in [0.15, 0.2) is 5.15 Å². The predicted molar refractivity (Wildman–Crippen MR) is 81.0 cm³/mol. The third-order valence-electron chi connectivity index (χ3n) is 2.83. The van der Waals surface area contributed by atoms with Crippen molar-refractivity contribution in [1.29, 1.82) is 0 Å². The summed E-state index contributed by atoms with van der Waals surface area (Å²) < 4.78 is 0. The summed E-state index contributed by atoms with van der Waals surface area (Å²) in [5, 5.41) is 3.10. The lowest BCUT2D eigenvalue weighted by molar-refractivity contribution is -0.117. The molecule has 2 aromatic rings. The third-order valence-corrected chi connectivity index (χ3v) is 3.30. The Hall–Kier alpha value is -1.62. The Morgan fingerprint density at radius 1 is 1.30 bits per heavy atom. The van der Waals surface area contributed by atoms with Gasteiger partial charge in [0.05, 0.1) is 5.69 Å². The minimum absolute atomic E-state index is 0.142. The summed E-state index contributed by atoms with van der Waals surface area (Å²) in [6, 6.07) is 9.93. The summed E-state index contributed by atoms with van der Waals surface area (Å²) in [4.78, 5) is 16.0. The quantitative estimate of drug-likeness (QED) is 0.854. The second kappa shape index (κ2) is 6.22. The number of pyridine rings is 1. The molecule has 1 aromatic carbocycles. The molecule has 0 saturated carbocycles. The van der Waals surface area contributed by atoms with Gasteiger partial charge in [0.2, 0.25) is 5.91 Å². The Balaban J connectivity index is 2.20. The van der Waals surface area contributed by atoms with Crippen LogP contribution in [0, 0.1) is 6.92 Å². The molecule has 1 atom stereocenters. The molecule has 1 unspecified atom stereocenters. The van der Waals surface area contributed by atoms with Crippen LogP contribution >= 0.6 is 23.2 Å². The highest BCUT2D eigenvalue weighted by Gasteiger charge is 2.18. The van der Waals surface area contributed by atoms with Crippen molar-refractivity contribution in [2.45, 2.75) is 13.0 Å². The maximum Gasteiger partial charge on any atom is 0.245 e. The molecule has 1 amide bonds. The van der Waals surface area contributed by atoms with Gasteiger partial charge in [-0.2, -0.15) is 0 Å². The van der Waals surface area contributed by atoms with Crippen LogP contribution in [0.1, 0.15) is 17.2 Å². The number of amides is 1. The van der Waals surface area contributed by atoms with E-state index in [0.717, 1.165) is 11.1 Å². The molecule has 0 saturated heterocycles. The molecule has 0 spiro atoms. The van der Waals surface area contributed by atoms with Crippen molar-refractivity contribution in [2.24, 2.45) is 5.73 Å². The number of aryl methyl sites for hydroxylation is 1. The zero-order valence-electron chi connectivity index (χ0n) is 10.7. The van der Waals surface area contributed by atoms with E-state index in [9.17, 15) is 4.79 Å². The highest BCUT2D eigenvalue weighted by atomic mass is 35.5. The number of nitrogens with one attached hydrogen (secondary N) is 1. The topological polar surface area (TPSA) is 68.0 Å². The van der Waals surface area contributed by atoms with Crippen molar-refractivity contribution in [3.8, 4) is 0 Å². The van der Waals surface area contributed by atoms with Crippen molar-refractivity contribution >= 4 is 34.8 Å². The first-order chi connectivity index (χ1) is 9.49. The van der Waals surface area contributed by atoms with E-state index in [4.69, 9.17) is 28.9 Å². The lowest BCUT2D eigenvalue weighted by atomic mass is 10.1. The Morgan fingerprint density at radius 2 is 1.95 bits per heavy atom. The number of nitrogens with zero attached hydrogens (tertiary/aromatic N) is 1. The van der Waals surface area contributed by atoms with E-state index in [0.29, 0.717) is 5.69 Å². The number of aromatic nitrogens is 1. The zero-order valence-corrected chi connectivity index (χ0v) is 12.2. The van der Waals surface area contributed by atoms with Crippen LogP contribution in [-0.2, 0) is 4.79 Å². The van der Waals surface area contributed by atoms with Crippen molar-refractivity contribution in [1.82, 2.24) is 4.98 Å². The Labute approximate surface area is 126 Å². The van der Waals surface area contributed by atoms with E-state index in [-0.39, 0.29) is 16.2 Å². The van der Waals surface area contributed by atoms with Gasteiger partial charge in [-0.3, -0.25) is 4.79 Å². The van der Waals surface area contributed by atoms with Gasteiger partial charge < -0.3 is 11.1 Å². The smallest absolute Gasteiger partial charge is 0.245 e. The number of rotatable bonds is 3. The van der Waals surface area contributed by atoms with Gasteiger partial charge in [-0.25, -0.2) is 4.98 Å². The van der Waals surface area contributed by atoms with Crippen molar-refractivity contribution in [2.75, 3.05) is 5.32 Å². The van der Waals surface area contributed by atoms with Crippen LogP contribution in [0.25, 0.3) is 0 Å². The highest BCUT2D eigenvalue weighted by Crippen LogP contribution is 2.27. The molecule has 2 rings (SSSR count). The first kappa shape index (κ1) is 14.8. The normalized spacial score (nSPS) is 12.0. The molecule has 0 fully saturated rings. The molecule has 1 aromatic heterocycles. The minimum atomic E-state index is -0.776. The van der Waals surface area contributed by atoms with Gasteiger partial charge in [-0.1, -0.05) is 53.5 Å². The number of nitrogens with two attached hydrogens (primary N) is 1. The minimum Gasteiger partial charge on any atom is -0.322 e. The summed E-state index contributed by atoms with van der Waals surface area (Å²) >= 11 is 11.8. The van der Waals surface area contributed by atoms with E-state index in [2.05, 4.69) is 10.3 Å². The van der Waals surface area contributed by atoms with E-state index >= 15 is 0 Å². The summed E-state index contributed by atoms with van der Waals surface area (Å²) in [7, 11) is 0. The Kier molecular flexibility index (Phi) is 4.60. The molecular weight excluding hydrogens is 297 g/mol. The maximum atomic E-state index is 12.1. The third kappa shape index (κ3) is 3.28. The van der Waals surface area contributed by atoms with Gasteiger partial charge >= 0.3 is 0 Å². The molecule has 1 heterocycles. The SMILES string of the molecule is Cc1cc(Cl)nc(Cl)c1NC(=O)C(N)c1ccccc1. The number of benzene rings is 1. The summed E-state index contributed by atoms with van der Waals surface area (Å²) in [5.41, 5.74) is 7.79. The zero-order chi connectivity index (χ0) is 14.7. The van der Waals surface area contributed by atoms with Crippen LogP contribution in [0.5, 0.6) is 0 Å². The molecule has 104 valence electrons. The van der Waals surface area contributed by atoms with E-state index < -0.39 is 6.04 Å². The lowest BCUT2D eigenvalue weighted by Gasteiger charge is -2.15. The lowest BCUT2D eigenvalue weighted by Crippen LogP contribution is -2.28. The second-order valence-electron chi connectivity index (χ2n) is 4.31. The molecule has 6 heteroatoms. The summed E-state index contributed by atoms with van der Waals surface area (Å²) in [6.07, 6.45) is 0. The summed E-state index contributed by atoms with van der Waals surface area (Å²) in [5.74, 6) is -0.356. The fraction of sp³-hybridized carbons (Fsp3) is 0.143. The number of carbonyl (C=O) groups excluding carboxylic acids is 1. The van der Waals surface area contributed by atoms with Crippen LogP contribution in [0.3, 0.4) is 0 Å². The Morgan fingerprint density at radius 3 is 2.55 bits per heavy atom. The number of hydrogen-bond acceptors (Lipinski definition) is 3. The Bertz CT molecular complexity index is 609. The van der Waals surface area contributed by atoms with Crippen LogP contribution in [0.4, 0.5) is 5.69 Å². The van der Waals surface area contributed by atoms with Gasteiger partial charge in [0.25, 0.3) is 0 Å². The van der Waals surface area contributed by atoms with E-state index in [1.165, 1.54) is 0 Å². The molecule has 0 bridgehead atoms. The van der Waals surface area contributed by atoms with Crippen molar-refractivity contribution in [3.05, 3.63) is 57.8 Å². The van der Waals surface area contributed by atoms with Crippen molar-refractivity contribution in [3.63, 3.8) is 0 Å². The number of carbonyl (C=O) groups is 1. The van der Waals surface area contributed by atoms with Gasteiger partial charge in [-0.05, 0) is 24.1 Å². The molecule has 0 aliphatic carbocycles. The second-order valence-corrected chi connectivity index (χ2v) is 5.05. The highest BCUT2D eigenvalue weighted by molar-refractivity contribution is 6.34. The number of halogens is 2. The summed E-state index contributed by atoms with van der Waals surface area (Å²) in [6.45, 7) is 1.78. The number of anilines is 1. The standard InChI is InChI=1S/C14H13Cl2N3O/c1-8-7-10(15)18-13(16)12(8)19-14(20)11(17)9-5-3-2-4-6-9/h2-7,11H,17H2,1H3,(H,19,20). The van der Waals surface area contributed by atoms with Gasteiger partial charge in [0, 0.05) is 0 Å². The molecule has 0 radical (unpaired) electrons. The molecule has 3 N–H and O–H groups in total. The van der Waals surface area contributed by atoms with Gasteiger partial charge in [-0.15, -0.1) is 0 Å². The fourth-order valence-electron chi connectivity index (χ4n) is 1.76. The molecule has 4 nitrogen and oxygen atoms in total. The van der Waals surface area contributed by atoms with Crippen molar-refractivity contribution < 1.29 is 4.79 Å². The monoisotopic (exact) mass is 309 g/mol. The van der Waals surface area contributed by atoms with Crippen LogP contribution in [-0.4, -0.2) is 10.9 Å². The average molecular weight is 310 g/mol. The van der Waals surface area contributed by atoms with E-state index in [1.807, 2.05) is 18.2 Å². The predicted octanol–water partition coefficient (Wildman–Crippen LogP) is 3.34. The molecule has 0 aliphatic heterocycles. The first-order valence-corrected chi connectivity index (χ1v) is 6.68. The average Bonchev–Trinajstić information content (AvgIpc) is 2.42. The van der Waals surface area contributed by atoms with Crippen LogP contribution < -0.4 is 11.1 Å². The molecule has 20 heavy (non-hydrogen) atoms. The fourth-order valence-corrected chi connectivity index (χ4v) is 2.34. The maximum absolute atomic E-state index is 12.1. The van der Waals surface area contributed by atoms with Gasteiger partial charge in [0.1, 0.15) is 11.2 Å². The first-order valence-electron chi connectivity index (χ1n) is 5.93. The number of hydrogen-bond donors (Lipinski definition) is 2. The largest absolute Gasteiger partial charge is 0.322 e. The van der Waals surface area contributed by atoms with Crippen LogP contribution in [0.15, 0.2) is 36.4 Å². The molecular formula is C14H13Cl2N3O. The van der Waals surface area contributed by atoms with E-state index in [1.54, 1.807) is 25.1 Å². The van der Waals surface area contributed by atoms with Crippen LogP contribution in [0.2, 0.25) is 10.3 Å². The molecule has 0 aliphatic rings.